The number of imidazole rings is 2. The number of hydrogen-bond acceptors (Lipinski definition) is 4. The summed E-state index contributed by atoms with van der Waals surface area (Å²) in [6, 6.07) is 11.2. The number of halogens is 2. The average molecular weight is 493 g/mol. The summed E-state index contributed by atoms with van der Waals surface area (Å²) in [7, 11) is 0. The van der Waals surface area contributed by atoms with Crippen LogP contribution in [0.15, 0.2) is 66.0 Å². The highest BCUT2D eigenvalue weighted by Gasteiger charge is 2.22. The summed E-state index contributed by atoms with van der Waals surface area (Å²) < 4.78 is 31.5. The zero-order valence-corrected chi connectivity index (χ0v) is 19.6. The lowest BCUT2D eigenvalue weighted by atomic mass is 10.00. The van der Waals surface area contributed by atoms with Crippen LogP contribution in [0, 0.1) is 11.6 Å². The Labute approximate surface area is 206 Å². The molecule has 0 atom stereocenters. The van der Waals surface area contributed by atoms with Gasteiger partial charge in [0.2, 0.25) is 5.91 Å². The van der Waals surface area contributed by atoms with Crippen LogP contribution >= 0.6 is 0 Å². The molecule has 8 nitrogen and oxygen atoms in total. The van der Waals surface area contributed by atoms with Crippen LogP contribution in [-0.2, 0) is 30.8 Å². The lowest BCUT2D eigenvalue weighted by Gasteiger charge is -2.29. The van der Waals surface area contributed by atoms with Crippen molar-refractivity contribution in [2.45, 2.75) is 32.5 Å². The third kappa shape index (κ3) is 5.07. The van der Waals surface area contributed by atoms with Crippen molar-refractivity contribution in [1.29, 1.82) is 0 Å². The number of carbonyl (C=O) groups is 1. The van der Waals surface area contributed by atoms with Crippen LogP contribution in [0.1, 0.15) is 17.5 Å². The van der Waals surface area contributed by atoms with Crippen molar-refractivity contribution < 1.29 is 13.6 Å². The molecule has 0 spiro atoms. The molecule has 0 bridgehead atoms. The SMILES string of the molecule is O=C(CNc1[nH]c(=O)n(CCCn2ccnc2)c1-c1cc(F)cc(F)c1)N1CCc2ccccc2C1. The van der Waals surface area contributed by atoms with Gasteiger partial charge >= 0.3 is 5.69 Å². The van der Waals surface area contributed by atoms with E-state index in [-0.39, 0.29) is 23.8 Å². The fourth-order valence-corrected chi connectivity index (χ4v) is 4.62. The summed E-state index contributed by atoms with van der Waals surface area (Å²) in [5.74, 6) is -1.39. The topological polar surface area (TPSA) is 87.9 Å². The third-order valence-electron chi connectivity index (χ3n) is 6.38. The molecule has 5 rings (SSSR count). The minimum absolute atomic E-state index is 0.0675. The van der Waals surface area contributed by atoms with Crippen LogP contribution in [0.4, 0.5) is 14.6 Å². The number of amides is 1. The van der Waals surface area contributed by atoms with E-state index in [1.165, 1.54) is 22.3 Å². The average Bonchev–Trinajstić information content (AvgIpc) is 3.49. The Hall–Kier alpha value is -4.21. The smallest absolute Gasteiger partial charge is 0.327 e. The zero-order valence-electron chi connectivity index (χ0n) is 19.6. The molecule has 0 fully saturated rings. The Kier molecular flexibility index (Phi) is 6.66. The molecule has 36 heavy (non-hydrogen) atoms. The summed E-state index contributed by atoms with van der Waals surface area (Å²) in [6.45, 7) is 1.98. The van der Waals surface area contributed by atoms with E-state index in [0.717, 1.165) is 18.1 Å². The van der Waals surface area contributed by atoms with Gasteiger partial charge < -0.3 is 14.8 Å². The quantitative estimate of drug-likeness (QED) is 0.395. The van der Waals surface area contributed by atoms with Gasteiger partial charge in [-0.3, -0.25) is 14.3 Å². The number of nitrogens with one attached hydrogen (secondary N) is 2. The maximum atomic E-state index is 14.1. The van der Waals surface area contributed by atoms with Gasteiger partial charge in [0, 0.05) is 50.2 Å². The Balaban J connectivity index is 1.36. The predicted octanol–water partition coefficient (Wildman–Crippen LogP) is 3.41. The van der Waals surface area contributed by atoms with Gasteiger partial charge in [0.05, 0.1) is 18.6 Å². The minimum Gasteiger partial charge on any atom is -0.361 e. The molecule has 186 valence electrons. The van der Waals surface area contributed by atoms with Gasteiger partial charge in [-0.2, -0.15) is 0 Å². The number of anilines is 1. The predicted molar refractivity (Wildman–Crippen MR) is 131 cm³/mol. The van der Waals surface area contributed by atoms with Gasteiger partial charge in [0.1, 0.15) is 17.5 Å². The van der Waals surface area contributed by atoms with Gasteiger partial charge in [-0.05, 0) is 36.1 Å². The van der Waals surface area contributed by atoms with Crippen LogP contribution in [0.25, 0.3) is 11.3 Å². The van der Waals surface area contributed by atoms with Gasteiger partial charge in [0.15, 0.2) is 0 Å². The second kappa shape index (κ2) is 10.2. The standard InChI is InChI=1S/C26H26F2N6O2/c27-21-12-20(13-22(28)14-21)24-25(31-26(36)34(24)9-3-8-32-11-7-29-17-32)30-15-23(35)33-10-6-18-4-1-2-5-19(18)16-33/h1-2,4-5,7,11-14,17,30H,3,6,8-10,15-16H2,(H,31,36). The van der Waals surface area contributed by atoms with Crippen molar-refractivity contribution in [3.63, 3.8) is 0 Å². The molecular weight excluding hydrogens is 466 g/mol. The van der Waals surface area contributed by atoms with E-state index < -0.39 is 17.3 Å². The molecular formula is C26H26F2N6O2. The summed E-state index contributed by atoms with van der Waals surface area (Å²) in [5, 5.41) is 3.01. The highest BCUT2D eigenvalue weighted by atomic mass is 19.1. The first-order chi connectivity index (χ1) is 17.5. The largest absolute Gasteiger partial charge is 0.361 e. The molecule has 0 aliphatic carbocycles. The minimum atomic E-state index is -0.752. The van der Waals surface area contributed by atoms with Crippen LogP contribution in [0.2, 0.25) is 0 Å². The maximum absolute atomic E-state index is 14.1. The van der Waals surface area contributed by atoms with Gasteiger partial charge in [-0.1, -0.05) is 24.3 Å². The fourth-order valence-electron chi connectivity index (χ4n) is 4.62. The van der Waals surface area contributed by atoms with Crippen molar-refractivity contribution in [2.24, 2.45) is 0 Å². The molecule has 0 saturated heterocycles. The monoisotopic (exact) mass is 492 g/mol. The van der Waals surface area contributed by atoms with Crippen molar-refractivity contribution in [1.82, 2.24) is 24.0 Å². The van der Waals surface area contributed by atoms with Crippen molar-refractivity contribution in [2.75, 3.05) is 18.4 Å². The number of rotatable bonds is 8. The van der Waals surface area contributed by atoms with E-state index in [0.29, 0.717) is 38.3 Å². The summed E-state index contributed by atoms with van der Waals surface area (Å²) in [5.41, 5.74) is 2.44. The lowest BCUT2D eigenvalue weighted by Crippen LogP contribution is -2.39. The molecule has 2 aromatic heterocycles. The summed E-state index contributed by atoms with van der Waals surface area (Å²) in [4.78, 5) is 34.3. The Morgan fingerprint density at radius 2 is 1.86 bits per heavy atom. The Morgan fingerprint density at radius 3 is 2.61 bits per heavy atom. The van der Waals surface area contributed by atoms with Crippen LogP contribution < -0.4 is 11.0 Å². The van der Waals surface area contributed by atoms with E-state index >= 15 is 0 Å². The second-order valence-electron chi connectivity index (χ2n) is 8.81. The maximum Gasteiger partial charge on any atom is 0.327 e. The highest BCUT2D eigenvalue weighted by molar-refractivity contribution is 5.83. The number of hydrogen-bond donors (Lipinski definition) is 2. The molecule has 1 aliphatic rings. The number of H-pyrrole nitrogens is 1. The second-order valence-corrected chi connectivity index (χ2v) is 8.81. The molecule has 2 N–H and O–H groups in total. The molecule has 3 heterocycles. The van der Waals surface area contributed by atoms with Gasteiger partial charge in [-0.25, -0.2) is 18.6 Å². The normalized spacial score (nSPS) is 13.0. The number of fused-ring (bicyclic) bond motifs is 1. The summed E-state index contributed by atoms with van der Waals surface area (Å²) in [6.07, 6.45) is 6.54. The number of benzene rings is 2. The van der Waals surface area contributed by atoms with E-state index in [4.69, 9.17) is 0 Å². The molecule has 4 aromatic rings. The van der Waals surface area contributed by atoms with E-state index in [2.05, 4.69) is 21.4 Å². The number of aromatic amines is 1. The molecule has 10 heteroatoms. The summed E-state index contributed by atoms with van der Waals surface area (Å²) >= 11 is 0. The fraction of sp³-hybridized carbons (Fsp3) is 0.269. The van der Waals surface area contributed by atoms with Crippen LogP contribution in [0.3, 0.4) is 0 Å². The van der Waals surface area contributed by atoms with E-state index in [9.17, 15) is 18.4 Å². The first-order valence-corrected chi connectivity index (χ1v) is 11.8. The van der Waals surface area contributed by atoms with Crippen molar-refractivity contribution in [3.05, 3.63) is 94.4 Å². The Bertz CT molecular complexity index is 1410. The molecule has 1 amide bonds. The number of carbonyl (C=O) groups excluding carboxylic acids is 1. The van der Waals surface area contributed by atoms with E-state index in [1.54, 1.807) is 17.4 Å². The molecule has 0 radical (unpaired) electrons. The number of aromatic nitrogens is 4. The van der Waals surface area contributed by atoms with Crippen LogP contribution in [-0.4, -0.2) is 43.0 Å². The van der Waals surface area contributed by atoms with E-state index in [1.807, 2.05) is 29.0 Å². The van der Waals surface area contributed by atoms with Crippen molar-refractivity contribution in [3.8, 4) is 11.3 Å². The van der Waals surface area contributed by atoms with Gasteiger partial charge in [0.25, 0.3) is 0 Å². The van der Waals surface area contributed by atoms with Crippen molar-refractivity contribution >= 4 is 11.7 Å². The first kappa shape index (κ1) is 23.5. The van der Waals surface area contributed by atoms with Crippen LogP contribution in [0.5, 0.6) is 0 Å². The molecule has 2 aromatic carbocycles. The Morgan fingerprint density at radius 1 is 1.08 bits per heavy atom. The zero-order chi connectivity index (χ0) is 25.1. The number of nitrogens with zero attached hydrogens (tertiary/aromatic N) is 4. The first-order valence-electron chi connectivity index (χ1n) is 11.8. The van der Waals surface area contributed by atoms with Gasteiger partial charge in [-0.15, -0.1) is 0 Å². The lowest BCUT2D eigenvalue weighted by molar-refractivity contribution is -0.130. The third-order valence-corrected chi connectivity index (χ3v) is 6.38. The molecule has 0 unspecified atom stereocenters. The molecule has 0 saturated carbocycles. The number of aryl methyl sites for hydroxylation is 1. The highest BCUT2D eigenvalue weighted by Crippen LogP contribution is 2.28. The molecule has 1 aliphatic heterocycles.